The molecule has 0 bridgehead atoms. The summed E-state index contributed by atoms with van der Waals surface area (Å²) in [6.07, 6.45) is 2.69. The lowest BCUT2D eigenvalue weighted by molar-refractivity contribution is 0.0944. The number of nitrogens with one attached hydrogen (secondary N) is 1. The van der Waals surface area contributed by atoms with E-state index >= 15 is 0 Å². The summed E-state index contributed by atoms with van der Waals surface area (Å²) >= 11 is 0. The van der Waals surface area contributed by atoms with Crippen molar-refractivity contribution in [2.24, 2.45) is 0 Å². The molecule has 0 atom stereocenters. The number of aromatic nitrogens is 2. The number of hydrogen-bond acceptors (Lipinski definition) is 4. The van der Waals surface area contributed by atoms with Gasteiger partial charge in [0.15, 0.2) is 0 Å². The smallest absolute Gasteiger partial charge is 0.270 e. The van der Waals surface area contributed by atoms with Crippen molar-refractivity contribution in [3.8, 4) is 0 Å². The zero-order chi connectivity index (χ0) is 19.5. The number of fused-ring (bicyclic) bond motifs is 1. The number of ether oxygens (including phenoxy) is 1. The monoisotopic (exact) mass is 378 g/mol. The van der Waals surface area contributed by atoms with Crippen molar-refractivity contribution >= 4 is 17.2 Å². The van der Waals surface area contributed by atoms with Crippen LogP contribution in [0.25, 0.3) is 5.65 Å². The second-order valence-corrected chi connectivity index (χ2v) is 7.14. The molecule has 1 aliphatic rings. The van der Waals surface area contributed by atoms with Gasteiger partial charge in [0.25, 0.3) is 5.91 Å². The van der Waals surface area contributed by atoms with Gasteiger partial charge in [-0.15, -0.1) is 0 Å². The number of morpholine rings is 1. The van der Waals surface area contributed by atoms with Gasteiger partial charge in [-0.25, -0.2) is 4.98 Å². The number of anilines is 1. The molecule has 1 amide bonds. The molecule has 1 N–H and O–H groups in total. The van der Waals surface area contributed by atoms with Gasteiger partial charge in [0.05, 0.1) is 18.9 Å². The van der Waals surface area contributed by atoms with Crippen LogP contribution in [0.1, 0.15) is 34.2 Å². The minimum absolute atomic E-state index is 0.0906. The van der Waals surface area contributed by atoms with Crippen molar-refractivity contribution in [3.05, 3.63) is 65.1 Å². The summed E-state index contributed by atoms with van der Waals surface area (Å²) in [6, 6.07) is 12.3. The normalized spacial score (nSPS) is 14.4. The molecule has 146 valence electrons. The van der Waals surface area contributed by atoms with E-state index in [1.165, 1.54) is 5.69 Å². The van der Waals surface area contributed by atoms with Gasteiger partial charge in [-0.1, -0.05) is 25.1 Å². The van der Waals surface area contributed by atoms with Gasteiger partial charge < -0.3 is 15.0 Å². The highest BCUT2D eigenvalue weighted by molar-refractivity contribution is 5.94. The molecule has 4 rings (SSSR count). The van der Waals surface area contributed by atoms with Crippen LogP contribution in [-0.4, -0.2) is 41.6 Å². The molecule has 1 aromatic carbocycles. The molecule has 1 aliphatic heterocycles. The number of carbonyl (C=O) groups excluding carboxylic acids is 1. The minimum atomic E-state index is -0.0906. The molecule has 0 unspecified atom stereocenters. The van der Waals surface area contributed by atoms with E-state index in [9.17, 15) is 4.79 Å². The van der Waals surface area contributed by atoms with Gasteiger partial charge in [0.1, 0.15) is 11.3 Å². The number of pyridine rings is 1. The third kappa shape index (κ3) is 3.73. The largest absolute Gasteiger partial charge is 0.378 e. The Morgan fingerprint density at radius 2 is 1.89 bits per heavy atom. The maximum atomic E-state index is 12.9. The standard InChI is InChI=1S/C22H26N4O2/c1-3-19-21(26-15-16(2)4-9-20(26)24-19)22(27)23-14-17-5-7-18(8-6-17)25-10-12-28-13-11-25/h4-9,15H,3,10-14H2,1-2H3,(H,23,27). The van der Waals surface area contributed by atoms with Crippen LogP contribution in [0, 0.1) is 6.92 Å². The molecule has 6 heteroatoms. The van der Waals surface area contributed by atoms with E-state index in [0.717, 1.165) is 55.2 Å². The topological polar surface area (TPSA) is 58.9 Å². The molecule has 2 aromatic heterocycles. The lowest BCUT2D eigenvalue weighted by Crippen LogP contribution is -2.36. The van der Waals surface area contributed by atoms with Crippen molar-refractivity contribution in [1.82, 2.24) is 14.7 Å². The van der Waals surface area contributed by atoms with Crippen LogP contribution in [0.3, 0.4) is 0 Å². The minimum Gasteiger partial charge on any atom is -0.378 e. The Hall–Kier alpha value is -2.86. The second kappa shape index (κ2) is 8.02. The maximum Gasteiger partial charge on any atom is 0.270 e. The first kappa shape index (κ1) is 18.5. The Labute approximate surface area is 165 Å². The van der Waals surface area contributed by atoms with Gasteiger partial charge in [0.2, 0.25) is 0 Å². The van der Waals surface area contributed by atoms with E-state index in [0.29, 0.717) is 12.2 Å². The van der Waals surface area contributed by atoms with Crippen LogP contribution in [0.4, 0.5) is 5.69 Å². The van der Waals surface area contributed by atoms with E-state index in [2.05, 4.69) is 39.5 Å². The van der Waals surface area contributed by atoms with Crippen molar-refractivity contribution < 1.29 is 9.53 Å². The number of rotatable bonds is 5. The molecule has 28 heavy (non-hydrogen) atoms. The molecule has 0 spiro atoms. The fourth-order valence-corrected chi connectivity index (χ4v) is 3.60. The SMILES string of the molecule is CCc1nc2ccc(C)cn2c1C(=O)NCc1ccc(N2CCOCC2)cc1. The molecule has 1 saturated heterocycles. The number of nitrogens with zero attached hydrogens (tertiary/aromatic N) is 3. The van der Waals surface area contributed by atoms with Gasteiger partial charge in [0, 0.05) is 31.5 Å². The summed E-state index contributed by atoms with van der Waals surface area (Å²) in [5.41, 5.74) is 5.64. The number of amides is 1. The Bertz CT molecular complexity index is 972. The summed E-state index contributed by atoms with van der Waals surface area (Å²) in [5.74, 6) is -0.0906. The zero-order valence-electron chi connectivity index (χ0n) is 16.4. The van der Waals surface area contributed by atoms with Gasteiger partial charge in [-0.05, 0) is 42.7 Å². The summed E-state index contributed by atoms with van der Waals surface area (Å²) in [6.45, 7) is 7.92. The Kier molecular flexibility index (Phi) is 5.30. The summed E-state index contributed by atoms with van der Waals surface area (Å²) < 4.78 is 7.30. The molecule has 0 radical (unpaired) electrons. The van der Waals surface area contributed by atoms with Crippen LogP contribution < -0.4 is 10.2 Å². The number of imidazole rings is 1. The van der Waals surface area contributed by atoms with Crippen LogP contribution in [0.2, 0.25) is 0 Å². The third-order valence-corrected chi connectivity index (χ3v) is 5.15. The van der Waals surface area contributed by atoms with E-state index in [-0.39, 0.29) is 5.91 Å². The second-order valence-electron chi connectivity index (χ2n) is 7.14. The Morgan fingerprint density at radius 1 is 1.14 bits per heavy atom. The van der Waals surface area contributed by atoms with Crippen LogP contribution >= 0.6 is 0 Å². The summed E-state index contributed by atoms with van der Waals surface area (Å²) in [4.78, 5) is 19.8. The first-order valence-electron chi connectivity index (χ1n) is 9.83. The highest BCUT2D eigenvalue weighted by Gasteiger charge is 2.18. The van der Waals surface area contributed by atoms with Gasteiger partial charge in [-0.3, -0.25) is 9.20 Å². The predicted molar refractivity (Wildman–Crippen MR) is 110 cm³/mol. The average Bonchev–Trinajstić information content (AvgIpc) is 3.11. The quantitative estimate of drug-likeness (QED) is 0.742. The highest BCUT2D eigenvalue weighted by atomic mass is 16.5. The lowest BCUT2D eigenvalue weighted by atomic mass is 10.1. The highest BCUT2D eigenvalue weighted by Crippen LogP contribution is 2.18. The Morgan fingerprint density at radius 3 is 2.61 bits per heavy atom. The average molecular weight is 378 g/mol. The molecule has 0 aliphatic carbocycles. The van der Waals surface area contributed by atoms with Gasteiger partial charge >= 0.3 is 0 Å². The molecule has 6 nitrogen and oxygen atoms in total. The van der Waals surface area contributed by atoms with Crippen molar-refractivity contribution in [3.63, 3.8) is 0 Å². The molecule has 3 aromatic rings. The summed E-state index contributed by atoms with van der Waals surface area (Å²) in [7, 11) is 0. The first-order chi connectivity index (χ1) is 13.7. The van der Waals surface area contributed by atoms with E-state index in [1.54, 1.807) is 0 Å². The Balaban J connectivity index is 1.47. The maximum absolute atomic E-state index is 12.9. The first-order valence-corrected chi connectivity index (χ1v) is 9.83. The molecule has 3 heterocycles. The van der Waals surface area contributed by atoms with Crippen molar-refractivity contribution in [1.29, 1.82) is 0 Å². The van der Waals surface area contributed by atoms with Crippen molar-refractivity contribution in [2.45, 2.75) is 26.8 Å². The predicted octanol–water partition coefficient (Wildman–Crippen LogP) is 2.97. The fraction of sp³-hybridized carbons (Fsp3) is 0.364. The van der Waals surface area contributed by atoms with Gasteiger partial charge in [-0.2, -0.15) is 0 Å². The van der Waals surface area contributed by atoms with E-state index < -0.39 is 0 Å². The summed E-state index contributed by atoms with van der Waals surface area (Å²) in [5, 5.41) is 3.05. The number of benzene rings is 1. The van der Waals surface area contributed by atoms with Crippen LogP contribution in [-0.2, 0) is 17.7 Å². The molecule has 0 saturated carbocycles. The molecular formula is C22H26N4O2. The van der Waals surface area contributed by atoms with Crippen LogP contribution in [0.15, 0.2) is 42.6 Å². The number of aryl methyl sites for hydroxylation is 2. The third-order valence-electron chi connectivity index (χ3n) is 5.15. The number of hydrogen-bond donors (Lipinski definition) is 1. The van der Waals surface area contributed by atoms with E-state index in [4.69, 9.17) is 4.74 Å². The lowest BCUT2D eigenvalue weighted by Gasteiger charge is -2.28. The molecular weight excluding hydrogens is 352 g/mol. The van der Waals surface area contributed by atoms with E-state index in [1.807, 2.05) is 36.6 Å². The number of carbonyl (C=O) groups is 1. The fourth-order valence-electron chi connectivity index (χ4n) is 3.60. The van der Waals surface area contributed by atoms with Crippen LogP contribution in [0.5, 0.6) is 0 Å². The zero-order valence-corrected chi connectivity index (χ0v) is 16.4. The van der Waals surface area contributed by atoms with Crippen molar-refractivity contribution in [2.75, 3.05) is 31.2 Å². The molecule has 1 fully saturated rings.